The second-order valence-corrected chi connectivity index (χ2v) is 5.26. The summed E-state index contributed by atoms with van der Waals surface area (Å²) in [4.78, 5) is 11.8. The van der Waals surface area contributed by atoms with Crippen molar-refractivity contribution >= 4 is 23.4 Å². The summed E-state index contributed by atoms with van der Waals surface area (Å²) < 4.78 is 0. The summed E-state index contributed by atoms with van der Waals surface area (Å²) in [5.41, 5.74) is 6.43. The number of aryl methyl sites for hydroxylation is 1. The summed E-state index contributed by atoms with van der Waals surface area (Å²) in [6.45, 7) is 4.04. The predicted molar refractivity (Wildman–Crippen MR) is 96.4 cm³/mol. The molecule has 2 aromatic rings. The van der Waals surface area contributed by atoms with E-state index in [1.165, 1.54) is 0 Å². The monoisotopic (exact) mass is 307 g/mol. The number of hydrogen-bond donors (Lipinski definition) is 2. The molecule has 1 amide bonds. The van der Waals surface area contributed by atoms with Crippen molar-refractivity contribution in [2.45, 2.75) is 13.8 Å². The molecule has 118 valence electrons. The fraction of sp³-hybridized carbons (Fsp3) is 0.158. The Balaban J connectivity index is 1.79. The quantitative estimate of drug-likeness (QED) is 0.632. The number of nitrogens with one attached hydrogen (secondary N) is 2. The zero-order valence-corrected chi connectivity index (χ0v) is 13.4. The number of rotatable bonds is 6. The van der Waals surface area contributed by atoms with E-state index < -0.39 is 0 Å². The Morgan fingerprint density at radius 1 is 1.13 bits per heavy atom. The first-order chi connectivity index (χ1) is 11.1. The van der Waals surface area contributed by atoms with Gasteiger partial charge in [-0.05, 0) is 43.2 Å². The van der Waals surface area contributed by atoms with Crippen LogP contribution in [0.15, 0.2) is 65.8 Å². The molecule has 0 radical (unpaired) electrons. The molecule has 0 heterocycles. The van der Waals surface area contributed by atoms with Gasteiger partial charge in [-0.15, -0.1) is 0 Å². The number of amides is 1. The summed E-state index contributed by atoms with van der Waals surface area (Å²) in [5, 5.41) is 7.13. The average Bonchev–Trinajstić information content (AvgIpc) is 2.57. The normalized spacial score (nSPS) is 11.5. The van der Waals surface area contributed by atoms with E-state index in [0.717, 1.165) is 22.5 Å². The molecule has 0 aliphatic heterocycles. The first-order valence-corrected chi connectivity index (χ1v) is 7.50. The van der Waals surface area contributed by atoms with Crippen LogP contribution in [0.4, 0.5) is 5.69 Å². The molecule has 23 heavy (non-hydrogen) atoms. The summed E-state index contributed by atoms with van der Waals surface area (Å²) in [7, 11) is 0. The van der Waals surface area contributed by atoms with E-state index in [0.29, 0.717) is 0 Å². The second kappa shape index (κ2) is 8.54. The maximum absolute atomic E-state index is 11.8. The Labute approximate surface area is 136 Å². The Morgan fingerprint density at radius 3 is 2.65 bits per heavy atom. The number of anilines is 1. The van der Waals surface area contributed by atoms with E-state index in [9.17, 15) is 4.79 Å². The van der Waals surface area contributed by atoms with Gasteiger partial charge in [0, 0.05) is 5.69 Å². The molecule has 2 rings (SSSR count). The second-order valence-electron chi connectivity index (χ2n) is 5.26. The fourth-order valence-corrected chi connectivity index (χ4v) is 1.95. The Morgan fingerprint density at radius 2 is 1.91 bits per heavy atom. The van der Waals surface area contributed by atoms with Crippen LogP contribution in [0.3, 0.4) is 0 Å². The molecule has 0 aliphatic rings. The van der Waals surface area contributed by atoms with Gasteiger partial charge in [-0.25, -0.2) is 5.43 Å². The third-order valence-electron chi connectivity index (χ3n) is 3.14. The number of carbonyl (C=O) groups excluding carboxylic acids is 1. The molecule has 4 heteroatoms. The van der Waals surface area contributed by atoms with Gasteiger partial charge in [-0.2, -0.15) is 5.10 Å². The summed E-state index contributed by atoms with van der Waals surface area (Å²) >= 11 is 0. The van der Waals surface area contributed by atoms with Crippen molar-refractivity contribution in [1.29, 1.82) is 0 Å². The van der Waals surface area contributed by atoms with Crippen LogP contribution in [0.2, 0.25) is 0 Å². The molecule has 0 unspecified atom stereocenters. The van der Waals surface area contributed by atoms with Crippen molar-refractivity contribution in [2.24, 2.45) is 5.10 Å². The van der Waals surface area contributed by atoms with Crippen LogP contribution >= 0.6 is 0 Å². The maximum Gasteiger partial charge on any atom is 0.259 e. The van der Waals surface area contributed by atoms with E-state index >= 15 is 0 Å². The van der Waals surface area contributed by atoms with Crippen molar-refractivity contribution in [1.82, 2.24) is 5.43 Å². The minimum absolute atomic E-state index is 0.182. The van der Waals surface area contributed by atoms with Crippen LogP contribution in [0.5, 0.6) is 0 Å². The van der Waals surface area contributed by atoms with Crippen molar-refractivity contribution in [3.05, 3.63) is 71.8 Å². The summed E-state index contributed by atoms with van der Waals surface area (Å²) in [6, 6.07) is 17.8. The van der Waals surface area contributed by atoms with E-state index in [1.54, 1.807) is 0 Å². The van der Waals surface area contributed by atoms with E-state index in [-0.39, 0.29) is 12.5 Å². The highest BCUT2D eigenvalue weighted by Crippen LogP contribution is 2.08. The molecule has 0 spiro atoms. The van der Waals surface area contributed by atoms with Crippen LogP contribution < -0.4 is 10.7 Å². The highest BCUT2D eigenvalue weighted by Gasteiger charge is 1.99. The van der Waals surface area contributed by atoms with Crippen LogP contribution in [0.25, 0.3) is 6.08 Å². The molecule has 0 fully saturated rings. The molecule has 0 aromatic heterocycles. The highest BCUT2D eigenvalue weighted by molar-refractivity contribution is 5.97. The van der Waals surface area contributed by atoms with Crippen LogP contribution in [0, 0.1) is 6.92 Å². The number of carbonyl (C=O) groups is 1. The number of nitrogens with zero attached hydrogens (tertiary/aromatic N) is 1. The Bertz CT molecular complexity index is 706. The van der Waals surface area contributed by atoms with Crippen molar-refractivity contribution in [2.75, 3.05) is 11.9 Å². The third kappa shape index (κ3) is 6.18. The zero-order chi connectivity index (χ0) is 16.5. The van der Waals surface area contributed by atoms with Crippen molar-refractivity contribution in [3.63, 3.8) is 0 Å². The summed E-state index contributed by atoms with van der Waals surface area (Å²) in [6.07, 6.45) is 3.82. The Hall–Kier alpha value is -2.88. The van der Waals surface area contributed by atoms with Crippen LogP contribution in [0.1, 0.15) is 18.1 Å². The number of allylic oxidation sites excluding steroid dienone is 1. The molecule has 0 saturated carbocycles. The number of hydrazone groups is 1. The summed E-state index contributed by atoms with van der Waals surface area (Å²) in [5.74, 6) is -0.182. The molecule has 2 N–H and O–H groups in total. The first kappa shape index (κ1) is 16.5. The molecule has 4 nitrogen and oxygen atoms in total. The predicted octanol–water partition coefficient (Wildman–Crippen LogP) is 3.61. The topological polar surface area (TPSA) is 53.5 Å². The number of benzene rings is 2. The SMILES string of the molecule is CC(C=Cc1ccccc1)=NNC(=O)CNc1cccc(C)c1. The highest BCUT2D eigenvalue weighted by atomic mass is 16.2. The minimum atomic E-state index is -0.182. The smallest absolute Gasteiger partial charge is 0.259 e. The molecule has 0 bridgehead atoms. The average molecular weight is 307 g/mol. The number of hydrogen-bond acceptors (Lipinski definition) is 3. The largest absolute Gasteiger partial charge is 0.376 e. The van der Waals surface area contributed by atoms with E-state index in [2.05, 4.69) is 15.8 Å². The third-order valence-corrected chi connectivity index (χ3v) is 3.14. The van der Waals surface area contributed by atoms with Gasteiger partial charge < -0.3 is 5.32 Å². The fourth-order valence-electron chi connectivity index (χ4n) is 1.95. The molecular formula is C19H21N3O. The lowest BCUT2D eigenvalue weighted by Gasteiger charge is -2.06. The molecule has 0 atom stereocenters. The lowest BCUT2D eigenvalue weighted by Crippen LogP contribution is -2.26. The van der Waals surface area contributed by atoms with Gasteiger partial charge in [0.15, 0.2) is 0 Å². The van der Waals surface area contributed by atoms with Gasteiger partial charge in [-0.1, -0.05) is 48.5 Å². The van der Waals surface area contributed by atoms with Crippen LogP contribution in [-0.4, -0.2) is 18.2 Å². The van der Waals surface area contributed by atoms with Crippen LogP contribution in [-0.2, 0) is 4.79 Å². The maximum atomic E-state index is 11.8. The zero-order valence-electron chi connectivity index (χ0n) is 13.4. The minimum Gasteiger partial charge on any atom is -0.376 e. The van der Waals surface area contributed by atoms with Gasteiger partial charge in [0.05, 0.1) is 12.3 Å². The van der Waals surface area contributed by atoms with Gasteiger partial charge in [0.1, 0.15) is 0 Å². The molecule has 0 aliphatic carbocycles. The lowest BCUT2D eigenvalue weighted by atomic mass is 10.2. The van der Waals surface area contributed by atoms with Gasteiger partial charge in [-0.3, -0.25) is 4.79 Å². The van der Waals surface area contributed by atoms with Gasteiger partial charge in [0.25, 0.3) is 5.91 Å². The molecule has 0 saturated heterocycles. The van der Waals surface area contributed by atoms with Crippen molar-refractivity contribution in [3.8, 4) is 0 Å². The van der Waals surface area contributed by atoms with Gasteiger partial charge >= 0.3 is 0 Å². The van der Waals surface area contributed by atoms with E-state index in [4.69, 9.17) is 0 Å². The lowest BCUT2D eigenvalue weighted by molar-refractivity contribution is -0.119. The Kier molecular flexibility index (Phi) is 6.12. The molecule has 2 aromatic carbocycles. The van der Waals surface area contributed by atoms with Crippen molar-refractivity contribution < 1.29 is 4.79 Å². The standard InChI is InChI=1S/C19H21N3O/c1-15-7-6-10-18(13-15)20-14-19(23)22-21-16(2)11-12-17-8-4-3-5-9-17/h3-13,20H,14H2,1-2H3,(H,22,23). The van der Waals surface area contributed by atoms with E-state index in [1.807, 2.05) is 80.6 Å². The first-order valence-electron chi connectivity index (χ1n) is 7.50. The van der Waals surface area contributed by atoms with Gasteiger partial charge in [0.2, 0.25) is 0 Å². The molecular weight excluding hydrogens is 286 g/mol.